The second-order valence-corrected chi connectivity index (χ2v) is 3.29. The van der Waals surface area contributed by atoms with E-state index in [0.717, 1.165) is 0 Å². The third-order valence-corrected chi connectivity index (χ3v) is 2.26. The molecule has 9 nitrogen and oxygen atoms in total. The van der Waals surface area contributed by atoms with Gasteiger partial charge in [-0.05, 0) is 28.7 Å². The topological polar surface area (TPSA) is 135 Å². The van der Waals surface area contributed by atoms with Crippen LogP contribution < -0.4 is 0 Å². The Bertz CT molecular complexity index is 592. The summed E-state index contributed by atoms with van der Waals surface area (Å²) in [6, 6.07) is 4.18. The Morgan fingerprint density at radius 2 is 2.21 bits per heavy atom. The fourth-order valence-electron chi connectivity index (χ4n) is 1.52. The average molecular weight is 264 g/mol. The van der Waals surface area contributed by atoms with Gasteiger partial charge in [-0.15, -0.1) is 10.1 Å². The van der Waals surface area contributed by atoms with Crippen LogP contribution in [-0.4, -0.2) is 17.0 Å². The zero-order valence-corrected chi connectivity index (χ0v) is 9.77. The van der Waals surface area contributed by atoms with E-state index in [1.54, 1.807) is 13.0 Å². The molecule has 0 radical (unpaired) electrons. The van der Waals surface area contributed by atoms with Gasteiger partial charge in [0.1, 0.15) is 0 Å². The summed E-state index contributed by atoms with van der Waals surface area (Å²) in [7, 11) is 0. The normalized spacial score (nSPS) is 9.32. The summed E-state index contributed by atoms with van der Waals surface area (Å²) in [6.45, 7) is 1.71. The van der Waals surface area contributed by atoms with Crippen molar-refractivity contribution in [2.24, 2.45) is 5.11 Å². The largest absolute Gasteiger partial charge is 0.335 e. The number of hydrogen-bond acceptors (Lipinski definition) is 5. The quantitative estimate of drug-likeness (QED) is 0.269. The Kier molecular flexibility index (Phi) is 4.56. The molecule has 0 aliphatic rings. The van der Waals surface area contributed by atoms with Crippen molar-refractivity contribution in [1.82, 2.24) is 0 Å². The average Bonchev–Trinajstić information content (AvgIpc) is 2.37. The number of carbonyl (C=O) groups is 2. The molecule has 0 spiro atoms. The maximum Gasteiger partial charge on any atom is 0.335 e. The molecule has 0 aliphatic heterocycles. The molecular weight excluding hydrogens is 256 g/mol. The second kappa shape index (κ2) is 6.12. The highest BCUT2D eigenvalue weighted by Crippen LogP contribution is 2.18. The number of aryl methyl sites for hydroxylation is 1. The molecule has 19 heavy (non-hydrogen) atoms. The first kappa shape index (κ1) is 14.1. The van der Waals surface area contributed by atoms with E-state index in [4.69, 9.17) is 5.53 Å². The highest BCUT2D eigenvalue weighted by Gasteiger charge is 2.21. The molecule has 1 aromatic carbocycles. The fourth-order valence-corrected chi connectivity index (χ4v) is 1.52. The van der Waals surface area contributed by atoms with Crippen LogP contribution in [0.1, 0.15) is 33.2 Å². The van der Waals surface area contributed by atoms with Crippen LogP contribution in [0.15, 0.2) is 23.3 Å². The summed E-state index contributed by atoms with van der Waals surface area (Å²) in [4.78, 5) is 39.4. The summed E-state index contributed by atoms with van der Waals surface area (Å²) in [5, 5.41) is 11.8. The standard InChI is InChI=1S/C10H8N4O5/c1-2-6-4-3-5-7(10(16)19-14(17)18)8(6)9(15)12-13-11/h3-5H,2H2,1H3. The monoisotopic (exact) mass is 264 g/mol. The van der Waals surface area contributed by atoms with E-state index in [0.29, 0.717) is 12.0 Å². The summed E-state index contributed by atoms with van der Waals surface area (Å²) in [5.41, 5.74) is 8.18. The highest BCUT2D eigenvalue weighted by atomic mass is 17.0. The SMILES string of the molecule is CCc1cccc(C(=O)O[N+](=O)[O-])c1C(=O)N=[N+]=[N-]. The van der Waals surface area contributed by atoms with Crippen molar-refractivity contribution in [1.29, 1.82) is 0 Å². The molecule has 1 aromatic rings. The van der Waals surface area contributed by atoms with E-state index in [1.807, 2.05) is 0 Å². The molecule has 0 saturated carbocycles. The minimum absolute atomic E-state index is 0.186. The third kappa shape index (κ3) is 3.27. The first-order chi connectivity index (χ1) is 9.01. The van der Waals surface area contributed by atoms with Crippen LogP contribution >= 0.6 is 0 Å². The molecule has 0 heterocycles. The van der Waals surface area contributed by atoms with Gasteiger partial charge in [0, 0.05) is 10.5 Å². The number of azide groups is 1. The van der Waals surface area contributed by atoms with Gasteiger partial charge in [-0.3, -0.25) is 9.59 Å². The Morgan fingerprint density at radius 3 is 2.74 bits per heavy atom. The number of nitrogens with zero attached hydrogens (tertiary/aromatic N) is 4. The van der Waals surface area contributed by atoms with Gasteiger partial charge in [0.15, 0.2) is 0 Å². The lowest BCUT2D eigenvalue weighted by Crippen LogP contribution is -2.16. The number of carbonyl (C=O) groups excluding carboxylic acids is 2. The number of benzene rings is 1. The van der Waals surface area contributed by atoms with E-state index in [9.17, 15) is 19.7 Å². The van der Waals surface area contributed by atoms with Crippen LogP contribution in [0.5, 0.6) is 0 Å². The van der Waals surface area contributed by atoms with Gasteiger partial charge in [-0.25, -0.2) is 4.84 Å². The molecule has 0 saturated heterocycles. The minimum atomic E-state index is -1.29. The lowest BCUT2D eigenvalue weighted by atomic mass is 9.99. The summed E-state index contributed by atoms with van der Waals surface area (Å²) >= 11 is 0. The Hall–Kier alpha value is -2.93. The van der Waals surface area contributed by atoms with Crippen LogP contribution in [0.25, 0.3) is 10.4 Å². The number of rotatable bonds is 4. The van der Waals surface area contributed by atoms with Gasteiger partial charge in [0.05, 0.1) is 5.56 Å². The van der Waals surface area contributed by atoms with Crippen LogP contribution in [0.3, 0.4) is 0 Å². The van der Waals surface area contributed by atoms with E-state index >= 15 is 0 Å². The smallest absolute Gasteiger partial charge is 0.287 e. The molecular formula is C10H8N4O5. The lowest BCUT2D eigenvalue weighted by Gasteiger charge is -2.08. The fraction of sp³-hybridized carbons (Fsp3) is 0.200. The predicted molar refractivity (Wildman–Crippen MR) is 61.7 cm³/mol. The van der Waals surface area contributed by atoms with Gasteiger partial charge in [0.2, 0.25) is 5.91 Å². The van der Waals surface area contributed by atoms with Crippen molar-refractivity contribution >= 4 is 11.9 Å². The van der Waals surface area contributed by atoms with Crippen LogP contribution in [-0.2, 0) is 11.3 Å². The number of hydrogen-bond donors (Lipinski definition) is 0. The van der Waals surface area contributed by atoms with Crippen molar-refractivity contribution in [3.63, 3.8) is 0 Å². The predicted octanol–water partition coefficient (Wildman–Crippen LogP) is 2.05. The Morgan fingerprint density at radius 1 is 1.53 bits per heavy atom. The van der Waals surface area contributed by atoms with Gasteiger partial charge in [-0.1, -0.05) is 19.1 Å². The van der Waals surface area contributed by atoms with E-state index < -0.39 is 17.0 Å². The highest BCUT2D eigenvalue weighted by molar-refractivity contribution is 6.06. The Labute approximate surface area is 106 Å². The van der Waals surface area contributed by atoms with E-state index in [-0.39, 0.29) is 11.1 Å². The first-order valence-electron chi connectivity index (χ1n) is 5.09. The molecule has 0 unspecified atom stereocenters. The molecule has 0 aliphatic carbocycles. The van der Waals surface area contributed by atoms with E-state index in [2.05, 4.69) is 14.9 Å². The molecule has 1 amide bonds. The molecule has 0 bridgehead atoms. The number of amides is 1. The molecule has 0 atom stereocenters. The van der Waals surface area contributed by atoms with Crippen LogP contribution in [0.4, 0.5) is 0 Å². The van der Waals surface area contributed by atoms with Crippen molar-refractivity contribution in [3.8, 4) is 0 Å². The zero-order valence-electron chi connectivity index (χ0n) is 9.77. The van der Waals surface area contributed by atoms with E-state index in [1.165, 1.54) is 12.1 Å². The maximum absolute atomic E-state index is 11.6. The van der Waals surface area contributed by atoms with Gasteiger partial charge >= 0.3 is 11.1 Å². The molecule has 0 aromatic heterocycles. The van der Waals surface area contributed by atoms with Gasteiger partial charge in [0.25, 0.3) is 0 Å². The van der Waals surface area contributed by atoms with Crippen molar-refractivity contribution < 1.29 is 19.5 Å². The van der Waals surface area contributed by atoms with Crippen molar-refractivity contribution in [2.75, 3.05) is 0 Å². The van der Waals surface area contributed by atoms with Crippen molar-refractivity contribution in [2.45, 2.75) is 13.3 Å². The molecule has 1 rings (SSSR count). The van der Waals surface area contributed by atoms with Crippen LogP contribution in [0, 0.1) is 10.1 Å². The maximum atomic E-state index is 11.6. The van der Waals surface area contributed by atoms with Gasteiger partial charge in [-0.2, -0.15) is 0 Å². The molecule has 0 N–H and O–H groups in total. The summed E-state index contributed by atoms with van der Waals surface area (Å²) < 4.78 is 0. The lowest BCUT2D eigenvalue weighted by molar-refractivity contribution is -0.727. The summed E-state index contributed by atoms with van der Waals surface area (Å²) in [5.74, 6) is -2.29. The molecule has 98 valence electrons. The van der Waals surface area contributed by atoms with Gasteiger partial charge < -0.3 is 0 Å². The zero-order chi connectivity index (χ0) is 14.4. The molecule has 0 fully saturated rings. The third-order valence-electron chi connectivity index (χ3n) is 2.26. The minimum Gasteiger partial charge on any atom is -0.287 e. The summed E-state index contributed by atoms with van der Waals surface area (Å²) in [6.07, 6.45) is 0.377. The first-order valence-corrected chi connectivity index (χ1v) is 5.09. The second-order valence-electron chi connectivity index (χ2n) is 3.29. The molecule has 9 heteroatoms. The van der Waals surface area contributed by atoms with Crippen LogP contribution in [0.2, 0.25) is 0 Å². The van der Waals surface area contributed by atoms with Crippen molar-refractivity contribution in [3.05, 3.63) is 55.4 Å². The Balaban J connectivity index is 3.38.